The van der Waals surface area contributed by atoms with Gasteiger partial charge in [0.25, 0.3) is 0 Å². The van der Waals surface area contributed by atoms with Crippen molar-refractivity contribution in [1.82, 2.24) is 4.90 Å². The molecule has 0 aromatic carbocycles. The lowest BCUT2D eigenvalue weighted by Gasteiger charge is -2.37. The summed E-state index contributed by atoms with van der Waals surface area (Å²) in [6.45, 7) is 6.64. The Hall–Kier alpha value is -0.550. The molecule has 0 amide bonds. The van der Waals surface area contributed by atoms with E-state index >= 15 is 0 Å². The summed E-state index contributed by atoms with van der Waals surface area (Å²) < 4.78 is 0. The zero-order valence-corrected chi connectivity index (χ0v) is 11.0. The summed E-state index contributed by atoms with van der Waals surface area (Å²) in [5.74, 6) is 0. The third kappa shape index (κ3) is 3.22. The van der Waals surface area contributed by atoms with E-state index in [0.29, 0.717) is 0 Å². The first-order chi connectivity index (χ1) is 7.79. The molecule has 0 saturated carbocycles. The fourth-order valence-electron chi connectivity index (χ4n) is 2.73. The Morgan fingerprint density at radius 1 is 1.12 bits per heavy atom. The molecular weight excluding hydrogens is 196 g/mol. The van der Waals surface area contributed by atoms with E-state index in [9.17, 15) is 5.26 Å². The summed E-state index contributed by atoms with van der Waals surface area (Å²) >= 11 is 0. The monoisotopic (exact) mass is 222 g/mol. The van der Waals surface area contributed by atoms with Crippen LogP contribution >= 0.6 is 0 Å². The van der Waals surface area contributed by atoms with Crippen LogP contribution in [0.25, 0.3) is 0 Å². The number of nitriles is 1. The highest BCUT2D eigenvalue weighted by atomic mass is 15.2. The van der Waals surface area contributed by atoms with E-state index in [0.717, 1.165) is 25.9 Å². The van der Waals surface area contributed by atoms with Crippen LogP contribution in [-0.4, -0.2) is 23.5 Å². The molecule has 1 rings (SSSR count). The molecule has 0 radical (unpaired) electrons. The largest absolute Gasteiger partial charge is 0.286 e. The number of rotatable bonds is 5. The first-order valence-corrected chi connectivity index (χ1v) is 6.95. The van der Waals surface area contributed by atoms with Crippen LogP contribution in [0.3, 0.4) is 0 Å². The number of unbranched alkanes of at least 4 members (excludes halogenated alkanes) is 1. The van der Waals surface area contributed by atoms with Gasteiger partial charge in [-0.1, -0.05) is 39.5 Å². The van der Waals surface area contributed by atoms with E-state index in [1.165, 1.54) is 38.5 Å². The van der Waals surface area contributed by atoms with Crippen LogP contribution in [-0.2, 0) is 0 Å². The fourth-order valence-corrected chi connectivity index (χ4v) is 2.73. The molecule has 16 heavy (non-hydrogen) atoms. The van der Waals surface area contributed by atoms with Crippen LogP contribution in [0, 0.1) is 11.3 Å². The van der Waals surface area contributed by atoms with Crippen LogP contribution < -0.4 is 0 Å². The fraction of sp³-hybridized carbons (Fsp3) is 0.929. The lowest BCUT2D eigenvalue weighted by atomic mass is 9.89. The number of nitrogens with zero attached hydrogens (tertiary/aromatic N) is 2. The first-order valence-electron chi connectivity index (χ1n) is 6.95. The average Bonchev–Trinajstić information content (AvgIpc) is 2.61. The molecule has 0 N–H and O–H groups in total. The highest BCUT2D eigenvalue weighted by Gasteiger charge is 2.34. The molecule has 0 spiro atoms. The standard InChI is InChI=1S/C14H26N2/c1-3-5-10-14(4-2,13-15)16-11-8-6-7-9-12-16/h3-12H2,1-2H3. The molecule has 92 valence electrons. The molecule has 0 aromatic rings. The average molecular weight is 222 g/mol. The number of hydrogen-bond donors (Lipinski definition) is 0. The Balaban J connectivity index is 2.69. The SMILES string of the molecule is CCCCC(C#N)(CC)N1CCCCCC1. The van der Waals surface area contributed by atoms with Gasteiger partial charge in [-0.3, -0.25) is 4.90 Å². The van der Waals surface area contributed by atoms with Crippen LogP contribution in [0.1, 0.15) is 65.2 Å². The van der Waals surface area contributed by atoms with E-state index in [1.54, 1.807) is 0 Å². The molecule has 2 nitrogen and oxygen atoms in total. The van der Waals surface area contributed by atoms with Gasteiger partial charge in [-0.2, -0.15) is 5.26 Å². The molecule has 1 atom stereocenters. The summed E-state index contributed by atoms with van der Waals surface area (Å²) in [7, 11) is 0. The molecule has 1 heterocycles. The zero-order chi connectivity index (χ0) is 11.9. The van der Waals surface area contributed by atoms with Gasteiger partial charge < -0.3 is 0 Å². The maximum atomic E-state index is 9.56. The first kappa shape index (κ1) is 13.5. The third-order valence-electron chi connectivity index (χ3n) is 3.95. The van der Waals surface area contributed by atoms with Crippen molar-refractivity contribution in [2.24, 2.45) is 0 Å². The van der Waals surface area contributed by atoms with Crippen LogP contribution in [0.5, 0.6) is 0 Å². The second kappa shape index (κ2) is 6.91. The number of likely N-dealkylation sites (tertiary alicyclic amines) is 1. The van der Waals surface area contributed by atoms with Crippen LogP contribution in [0.2, 0.25) is 0 Å². The van der Waals surface area contributed by atoms with Gasteiger partial charge in [0.1, 0.15) is 5.54 Å². The van der Waals surface area contributed by atoms with Gasteiger partial charge in [-0.25, -0.2) is 0 Å². The van der Waals surface area contributed by atoms with Crippen LogP contribution in [0.15, 0.2) is 0 Å². The zero-order valence-electron chi connectivity index (χ0n) is 11.0. The predicted octanol–water partition coefficient (Wildman–Crippen LogP) is 3.72. The quantitative estimate of drug-likeness (QED) is 0.709. The summed E-state index contributed by atoms with van der Waals surface area (Å²) in [4.78, 5) is 2.47. The van der Waals surface area contributed by atoms with E-state index < -0.39 is 0 Å². The normalized spacial score (nSPS) is 22.1. The van der Waals surface area contributed by atoms with E-state index in [2.05, 4.69) is 24.8 Å². The summed E-state index contributed by atoms with van der Waals surface area (Å²) in [6, 6.07) is 2.62. The Labute approximate surface area is 101 Å². The molecule has 1 unspecified atom stereocenters. The minimum atomic E-state index is -0.166. The molecule has 0 aliphatic carbocycles. The minimum absolute atomic E-state index is 0.166. The summed E-state index contributed by atoms with van der Waals surface area (Å²) in [5.41, 5.74) is -0.166. The molecule has 1 fully saturated rings. The topological polar surface area (TPSA) is 27.0 Å². The van der Waals surface area contributed by atoms with Crippen molar-refractivity contribution in [1.29, 1.82) is 5.26 Å². The lowest BCUT2D eigenvalue weighted by molar-refractivity contribution is 0.125. The Kier molecular flexibility index (Phi) is 5.84. The summed E-state index contributed by atoms with van der Waals surface area (Å²) in [6.07, 6.45) is 9.63. The predicted molar refractivity (Wildman–Crippen MR) is 68.2 cm³/mol. The van der Waals surface area contributed by atoms with Gasteiger partial charge in [0.15, 0.2) is 0 Å². The Morgan fingerprint density at radius 3 is 2.19 bits per heavy atom. The number of hydrogen-bond acceptors (Lipinski definition) is 2. The smallest absolute Gasteiger partial charge is 0.108 e. The molecule has 1 saturated heterocycles. The van der Waals surface area contributed by atoms with Crippen molar-refractivity contribution < 1.29 is 0 Å². The second-order valence-corrected chi connectivity index (χ2v) is 5.00. The molecule has 0 aromatic heterocycles. The van der Waals surface area contributed by atoms with Crippen molar-refractivity contribution in [3.05, 3.63) is 0 Å². The Morgan fingerprint density at radius 2 is 1.75 bits per heavy atom. The van der Waals surface area contributed by atoms with Gasteiger partial charge >= 0.3 is 0 Å². The molecule has 1 aliphatic heterocycles. The molecule has 2 heteroatoms. The minimum Gasteiger partial charge on any atom is -0.286 e. The molecular formula is C14H26N2. The van der Waals surface area contributed by atoms with Crippen molar-refractivity contribution >= 4 is 0 Å². The maximum absolute atomic E-state index is 9.56. The van der Waals surface area contributed by atoms with Crippen molar-refractivity contribution in [3.8, 4) is 6.07 Å². The van der Waals surface area contributed by atoms with Gasteiger partial charge in [0.05, 0.1) is 6.07 Å². The van der Waals surface area contributed by atoms with Gasteiger partial charge in [0, 0.05) is 0 Å². The molecule has 1 aliphatic rings. The van der Waals surface area contributed by atoms with Crippen molar-refractivity contribution in [2.45, 2.75) is 70.8 Å². The lowest BCUT2D eigenvalue weighted by Crippen LogP contribution is -2.47. The van der Waals surface area contributed by atoms with Crippen molar-refractivity contribution in [3.63, 3.8) is 0 Å². The van der Waals surface area contributed by atoms with Gasteiger partial charge in [-0.15, -0.1) is 0 Å². The maximum Gasteiger partial charge on any atom is 0.108 e. The summed E-state index contributed by atoms with van der Waals surface area (Å²) in [5, 5.41) is 9.56. The highest BCUT2D eigenvalue weighted by molar-refractivity contribution is 5.07. The van der Waals surface area contributed by atoms with E-state index in [4.69, 9.17) is 0 Å². The van der Waals surface area contributed by atoms with Crippen LogP contribution in [0.4, 0.5) is 0 Å². The molecule has 0 bridgehead atoms. The van der Waals surface area contributed by atoms with Gasteiger partial charge in [-0.05, 0) is 38.8 Å². The third-order valence-corrected chi connectivity index (χ3v) is 3.95. The van der Waals surface area contributed by atoms with Crippen molar-refractivity contribution in [2.75, 3.05) is 13.1 Å². The van der Waals surface area contributed by atoms with Gasteiger partial charge in [0.2, 0.25) is 0 Å². The highest BCUT2D eigenvalue weighted by Crippen LogP contribution is 2.28. The Bertz CT molecular complexity index is 223. The van der Waals surface area contributed by atoms with E-state index in [1.807, 2.05) is 0 Å². The van der Waals surface area contributed by atoms with E-state index in [-0.39, 0.29) is 5.54 Å². The second-order valence-electron chi connectivity index (χ2n) is 5.00.